The minimum absolute atomic E-state index is 0.137. The predicted octanol–water partition coefficient (Wildman–Crippen LogP) is 2.94. The number of aromatic nitrogens is 1. The van der Waals surface area contributed by atoms with Crippen LogP contribution >= 0.6 is 0 Å². The summed E-state index contributed by atoms with van der Waals surface area (Å²) in [6, 6.07) is 7.80. The Morgan fingerprint density at radius 3 is 2.80 bits per heavy atom. The van der Waals surface area contributed by atoms with Crippen LogP contribution in [0.5, 0.6) is 5.75 Å². The van der Waals surface area contributed by atoms with E-state index in [-0.39, 0.29) is 11.3 Å². The summed E-state index contributed by atoms with van der Waals surface area (Å²) in [4.78, 5) is 15.5. The van der Waals surface area contributed by atoms with E-state index in [9.17, 15) is 9.90 Å². The molecule has 0 atom stereocenters. The van der Waals surface area contributed by atoms with Crippen LogP contribution in [0.4, 0.5) is 0 Å². The van der Waals surface area contributed by atoms with Crippen molar-refractivity contribution in [3.05, 3.63) is 47.2 Å². The number of nitrogens with zero attached hydrogens (tertiary/aromatic N) is 1. The van der Waals surface area contributed by atoms with Crippen LogP contribution in [-0.4, -0.2) is 23.2 Å². The minimum atomic E-state index is -1.01. The zero-order valence-corrected chi connectivity index (χ0v) is 11.2. The maximum atomic E-state index is 11.2. The van der Waals surface area contributed by atoms with Crippen LogP contribution in [0.3, 0.4) is 0 Å². The molecular weight excluding hydrogens is 254 g/mol. The van der Waals surface area contributed by atoms with Crippen LogP contribution in [0.1, 0.15) is 27.9 Å². The van der Waals surface area contributed by atoms with Gasteiger partial charge >= 0.3 is 5.97 Å². The second kappa shape index (κ2) is 4.96. The SMILES string of the molecule is COc1cnc(-c2ccc3c(c2)CCC3)cc1C(=O)O. The monoisotopic (exact) mass is 269 g/mol. The van der Waals surface area contributed by atoms with Gasteiger partial charge in [-0.05, 0) is 42.5 Å². The van der Waals surface area contributed by atoms with E-state index in [1.165, 1.54) is 30.9 Å². The molecule has 1 aromatic carbocycles. The standard InChI is InChI=1S/C16H15NO3/c1-20-15-9-17-14(8-13(15)16(18)19)12-6-5-10-3-2-4-11(10)7-12/h5-9H,2-4H2,1H3,(H,18,19). The van der Waals surface area contributed by atoms with Crippen molar-refractivity contribution in [2.45, 2.75) is 19.3 Å². The van der Waals surface area contributed by atoms with Crippen molar-refractivity contribution < 1.29 is 14.6 Å². The zero-order valence-electron chi connectivity index (χ0n) is 11.2. The highest BCUT2D eigenvalue weighted by Crippen LogP contribution is 2.29. The summed E-state index contributed by atoms with van der Waals surface area (Å²) in [6.07, 6.45) is 4.87. The van der Waals surface area contributed by atoms with Gasteiger partial charge in [0.25, 0.3) is 0 Å². The minimum Gasteiger partial charge on any atom is -0.494 e. The van der Waals surface area contributed by atoms with E-state index in [4.69, 9.17) is 4.74 Å². The Labute approximate surface area is 117 Å². The Balaban J connectivity index is 2.06. The first-order valence-electron chi connectivity index (χ1n) is 6.58. The number of aromatic carboxylic acids is 1. The molecule has 0 saturated heterocycles. The van der Waals surface area contributed by atoms with Gasteiger partial charge in [-0.2, -0.15) is 0 Å². The molecule has 1 aliphatic rings. The Kier molecular flexibility index (Phi) is 3.14. The Bertz CT molecular complexity index is 679. The van der Waals surface area contributed by atoms with E-state index in [0.717, 1.165) is 18.4 Å². The fourth-order valence-electron chi connectivity index (χ4n) is 2.66. The summed E-state index contributed by atoms with van der Waals surface area (Å²) in [6.45, 7) is 0. The number of carbonyl (C=O) groups is 1. The molecule has 102 valence electrons. The van der Waals surface area contributed by atoms with Gasteiger partial charge in [0, 0.05) is 5.56 Å². The molecule has 0 spiro atoms. The summed E-state index contributed by atoms with van der Waals surface area (Å²) in [5, 5.41) is 9.22. The van der Waals surface area contributed by atoms with Crippen molar-refractivity contribution in [3.8, 4) is 17.0 Å². The number of pyridine rings is 1. The highest BCUT2D eigenvalue weighted by molar-refractivity contribution is 5.92. The molecule has 4 nitrogen and oxygen atoms in total. The Morgan fingerprint density at radius 2 is 2.05 bits per heavy atom. The second-order valence-electron chi connectivity index (χ2n) is 4.91. The van der Waals surface area contributed by atoms with Crippen LogP contribution in [0.2, 0.25) is 0 Å². The molecule has 0 saturated carbocycles. The number of hydrogen-bond acceptors (Lipinski definition) is 3. The van der Waals surface area contributed by atoms with Crippen LogP contribution in [-0.2, 0) is 12.8 Å². The van der Waals surface area contributed by atoms with Gasteiger partial charge in [-0.1, -0.05) is 12.1 Å². The third kappa shape index (κ3) is 2.13. The van der Waals surface area contributed by atoms with Crippen molar-refractivity contribution in [1.29, 1.82) is 0 Å². The van der Waals surface area contributed by atoms with Crippen LogP contribution in [0.15, 0.2) is 30.5 Å². The fraction of sp³-hybridized carbons (Fsp3) is 0.250. The van der Waals surface area contributed by atoms with E-state index in [0.29, 0.717) is 5.69 Å². The van der Waals surface area contributed by atoms with Crippen molar-refractivity contribution in [3.63, 3.8) is 0 Å². The number of carboxylic acid groups (broad SMARTS) is 1. The molecule has 20 heavy (non-hydrogen) atoms. The summed E-state index contributed by atoms with van der Waals surface area (Å²) in [7, 11) is 1.44. The van der Waals surface area contributed by atoms with Gasteiger partial charge in [0.2, 0.25) is 0 Å². The fourth-order valence-corrected chi connectivity index (χ4v) is 2.66. The molecule has 4 heteroatoms. The number of hydrogen-bond donors (Lipinski definition) is 1. The zero-order chi connectivity index (χ0) is 14.1. The van der Waals surface area contributed by atoms with Crippen molar-refractivity contribution in [2.24, 2.45) is 0 Å². The lowest BCUT2D eigenvalue weighted by Crippen LogP contribution is -2.02. The van der Waals surface area contributed by atoms with Gasteiger partial charge in [-0.25, -0.2) is 4.79 Å². The first-order chi connectivity index (χ1) is 9.69. The lowest BCUT2D eigenvalue weighted by molar-refractivity contribution is 0.0693. The molecule has 0 aliphatic heterocycles. The average molecular weight is 269 g/mol. The van der Waals surface area contributed by atoms with Crippen LogP contribution < -0.4 is 4.74 Å². The maximum Gasteiger partial charge on any atom is 0.339 e. The molecule has 0 bridgehead atoms. The lowest BCUT2D eigenvalue weighted by atomic mass is 10.0. The lowest BCUT2D eigenvalue weighted by Gasteiger charge is -2.08. The molecule has 1 N–H and O–H groups in total. The molecule has 1 aromatic heterocycles. The average Bonchev–Trinajstić information content (AvgIpc) is 2.93. The third-order valence-electron chi connectivity index (χ3n) is 3.71. The molecule has 1 heterocycles. The molecular formula is C16H15NO3. The third-order valence-corrected chi connectivity index (χ3v) is 3.71. The van der Waals surface area contributed by atoms with Gasteiger partial charge in [-0.3, -0.25) is 4.98 Å². The summed E-state index contributed by atoms with van der Waals surface area (Å²) in [5.41, 5.74) is 4.49. The predicted molar refractivity (Wildman–Crippen MR) is 75.2 cm³/mol. The number of methoxy groups -OCH3 is 1. The molecule has 1 aliphatic carbocycles. The van der Waals surface area contributed by atoms with Gasteiger partial charge < -0.3 is 9.84 Å². The topological polar surface area (TPSA) is 59.4 Å². The maximum absolute atomic E-state index is 11.2. The molecule has 0 fully saturated rings. The van der Waals surface area contributed by atoms with Crippen molar-refractivity contribution >= 4 is 5.97 Å². The van der Waals surface area contributed by atoms with E-state index in [2.05, 4.69) is 17.1 Å². The molecule has 3 rings (SSSR count). The van der Waals surface area contributed by atoms with E-state index in [1.807, 2.05) is 6.07 Å². The molecule has 0 unspecified atom stereocenters. The number of carboxylic acids is 1. The van der Waals surface area contributed by atoms with E-state index in [1.54, 1.807) is 6.07 Å². The number of benzene rings is 1. The smallest absolute Gasteiger partial charge is 0.339 e. The van der Waals surface area contributed by atoms with Gasteiger partial charge in [0.05, 0.1) is 19.0 Å². The molecule has 2 aromatic rings. The molecule has 0 radical (unpaired) electrons. The summed E-state index contributed by atoms with van der Waals surface area (Å²) >= 11 is 0. The van der Waals surface area contributed by atoms with Gasteiger partial charge in [-0.15, -0.1) is 0 Å². The van der Waals surface area contributed by atoms with E-state index >= 15 is 0 Å². The Morgan fingerprint density at radius 1 is 1.25 bits per heavy atom. The van der Waals surface area contributed by atoms with Crippen LogP contribution in [0, 0.1) is 0 Å². The molecule has 0 amide bonds. The highest BCUT2D eigenvalue weighted by atomic mass is 16.5. The normalized spacial score (nSPS) is 13.1. The van der Waals surface area contributed by atoms with Crippen LogP contribution in [0.25, 0.3) is 11.3 Å². The second-order valence-corrected chi connectivity index (χ2v) is 4.91. The number of rotatable bonds is 3. The summed E-state index contributed by atoms with van der Waals surface area (Å²) in [5.74, 6) is -0.728. The number of ether oxygens (including phenoxy) is 1. The first-order valence-corrected chi connectivity index (χ1v) is 6.58. The van der Waals surface area contributed by atoms with Gasteiger partial charge in [0.15, 0.2) is 5.75 Å². The van der Waals surface area contributed by atoms with Gasteiger partial charge in [0.1, 0.15) is 5.56 Å². The summed E-state index contributed by atoms with van der Waals surface area (Å²) < 4.78 is 5.03. The largest absolute Gasteiger partial charge is 0.494 e. The van der Waals surface area contributed by atoms with E-state index < -0.39 is 5.97 Å². The van der Waals surface area contributed by atoms with Crippen molar-refractivity contribution in [1.82, 2.24) is 4.98 Å². The Hall–Kier alpha value is -2.36. The number of aryl methyl sites for hydroxylation is 2. The number of fused-ring (bicyclic) bond motifs is 1. The highest BCUT2D eigenvalue weighted by Gasteiger charge is 2.15. The van der Waals surface area contributed by atoms with Crippen molar-refractivity contribution in [2.75, 3.05) is 7.11 Å². The quantitative estimate of drug-likeness (QED) is 0.930. The first kappa shape index (κ1) is 12.7.